The van der Waals surface area contributed by atoms with Crippen molar-refractivity contribution < 1.29 is 9.63 Å². The second kappa shape index (κ2) is 5.15. The van der Waals surface area contributed by atoms with Crippen LogP contribution in [0.3, 0.4) is 0 Å². The van der Waals surface area contributed by atoms with Crippen LogP contribution in [0.1, 0.15) is 44.9 Å². The maximum atomic E-state index is 12.0. The molecule has 0 radical (unpaired) electrons. The Morgan fingerprint density at radius 3 is 2.25 bits per heavy atom. The van der Waals surface area contributed by atoms with Crippen LogP contribution < -0.4 is 5.90 Å². The fourth-order valence-corrected chi connectivity index (χ4v) is 2.69. The molecule has 2 saturated carbocycles. The van der Waals surface area contributed by atoms with E-state index in [9.17, 15) is 4.79 Å². The van der Waals surface area contributed by atoms with Gasteiger partial charge in [0.1, 0.15) is 0 Å². The number of amides is 1. The molecular weight excluding hydrogens is 204 g/mol. The van der Waals surface area contributed by atoms with Crippen LogP contribution >= 0.6 is 0 Å². The first-order valence-electron chi connectivity index (χ1n) is 6.34. The lowest BCUT2D eigenvalue weighted by Crippen LogP contribution is -2.45. The zero-order valence-electron chi connectivity index (χ0n) is 10.0. The van der Waals surface area contributed by atoms with Gasteiger partial charge in [-0.05, 0) is 38.5 Å². The van der Waals surface area contributed by atoms with E-state index in [2.05, 4.69) is 0 Å². The highest BCUT2D eigenvalue weighted by Gasteiger charge is 2.32. The molecule has 0 aromatic carbocycles. The zero-order valence-corrected chi connectivity index (χ0v) is 10.0. The lowest BCUT2D eigenvalue weighted by molar-refractivity contribution is -0.140. The highest BCUT2D eigenvalue weighted by molar-refractivity contribution is 5.79. The molecule has 4 heteroatoms. The molecule has 4 nitrogen and oxygen atoms in total. The molecule has 0 atom stereocenters. The van der Waals surface area contributed by atoms with Gasteiger partial charge in [-0.25, -0.2) is 5.90 Å². The summed E-state index contributed by atoms with van der Waals surface area (Å²) in [6, 6.07) is 0.402. The molecule has 2 aliphatic rings. The third kappa shape index (κ3) is 2.38. The van der Waals surface area contributed by atoms with Gasteiger partial charge in [-0.3, -0.25) is 4.79 Å². The minimum absolute atomic E-state index is 0.198. The van der Waals surface area contributed by atoms with E-state index in [-0.39, 0.29) is 6.10 Å². The smallest absolute Gasteiger partial charge is 0.225 e. The summed E-state index contributed by atoms with van der Waals surface area (Å²) in [6.45, 7) is 0. The summed E-state index contributed by atoms with van der Waals surface area (Å²) < 4.78 is 0. The first kappa shape index (κ1) is 11.9. The summed E-state index contributed by atoms with van der Waals surface area (Å²) in [7, 11) is 1.95. The van der Waals surface area contributed by atoms with E-state index in [1.165, 1.54) is 6.42 Å². The summed E-state index contributed by atoms with van der Waals surface area (Å²) in [4.78, 5) is 18.9. The number of rotatable bonds is 3. The Labute approximate surface area is 97.1 Å². The van der Waals surface area contributed by atoms with Crippen LogP contribution in [0.25, 0.3) is 0 Å². The number of nitrogens with two attached hydrogens (primary N) is 1. The van der Waals surface area contributed by atoms with E-state index in [4.69, 9.17) is 10.7 Å². The monoisotopic (exact) mass is 226 g/mol. The molecule has 0 saturated heterocycles. The van der Waals surface area contributed by atoms with Gasteiger partial charge in [-0.1, -0.05) is 6.42 Å². The molecule has 2 rings (SSSR count). The van der Waals surface area contributed by atoms with Crippen LogP contribution in [0.2, 0.25) is 0 Å². The SMILES string of the molecule is CN(C(=O)C1CCC1)C1CCC(ON)CC1. The number of carbonyl (C=O) groups is 1. The molecule has 92 valence electrons. The predicted octanol–water partition coefficient (Wildman–Crippen LogP) is 1.45. The average molecular weight is 226 g/mol. The van der Waals surface area contributed by atoms with Crippen molar-refractivity contribution in [2.45, 2.75) is 57.1 Å². The van der Waals surface area contributed by atoms with Crippen LogP contribution in [-0.2, 0) is 9.63 Å². The van der Waals surface area contributed by atoms with Crippen molar-refractivity contribution in [2.75, 3.05) is 7.05 Å². The Morgan fingerprint density at radius 1 is 1.19 bits per heavy atom. The van der Waals surface area contributed by atoms with Gasteiger partial charge in [-0.2, -0.15) is 0 Å². The van der Waals surface area contributed by atoms with Crippen molar-refractivity contribution in [1.82, 2.24) is 4.90 Å². The Morgan fingerprint density at radius 2 is 1.81 bits per heavy atom. The third-order valence-corrected chi connectivity index (χ3v) is 4.19. The quantitative estimate of drug-likeness (QED) is 0.741. The van der Waals surface area contributed by atoms with Gasteiger partial charge in [0.05, 0.1) is 6.10 Å². The van der Waals surface area contributed by atoms with Crippen LogP contribution in [-0.4, -0.2) is 30.0 Å². The first-order valence-corrected chi connectivity index (χ1v) is 6.34. The summed E-state index contributed by atoms with van der Waals surface area (Å²) in [5, 5.41) is 0. The molecule has 16 heavy (non-hydrogen) atoms. The average Bonchev–Trinajstić information content (AvgIpc) is 2.26. The second-order valence-corrected chi connectivity index (χ2v) is 5.14. The standard InChI is InChI=1S/C12H22N2O2/c1-14(12(15)9-3-2-4-9)10-5-7-11(16-13)8-6-10/h9-11H,2-8,13H2,1H3. The number of hydrogen-bond donors (Lipinski definition) is 1. The topological polar surface area (TPSA) is 55.6 Å². The second-order valence-electron chi connectivity index (χ2n) is 5.14. The highest BCUT2D eigenvalue weighted by Crippen LogP contribution is 2.31. The molecule has 0 spiro atoms. The molecule has 2 fully saturated rings. The largest absolute Gasteiger partial charge is 0.343 e. The molecule has 0 bridgehead atoms. The third-order valence-electron chi connectivity index (χ3n) is 4.19. The van der Waals surface area contributed by atoms with Gasteiger partial charge in [-0.15, -0.1) is 0 Å². The zero-order chi connectivity index (χ0) is 11.5. The van der Waals surface area contributed by atoms with Gasteiger partial charge < -0.3 is 9.74 Å². The molecule has 0 unspecified atom stereocenters. The van der Waals surface area contributed by atoms with Gasteiger partial charge in [0.2, 0.25) is 5.91 Å². The van der Waals surface area contributed by atoms with E-state index in [1.54, 1.807) is 0 Å². The lowest BCUT2D eigenvalue weighted by atomic mass is 9.83. The first-order chi connectivity index (χ1) is 7.72. The maximum absolute atomic E-state index is 12.0. The van der Waals surface area contributed by atoms with Gasteiger partial charge in [0.15, 0.2) is 0 Å². The Balaban J connectivity index is 1.81. The van der Waals surface area contributed by atoms with E-state index in [0.717, 1.165) is 38.5 Å². The van der Waals surface area contributed by atoms with Crippen molar-refractivity contribution >= 4 is 5.91 Å². The van der Waals surface area contributed by atoms with Crippen molar-refractivity contribution in [3.05, 3.63) is 0 Å². The molecule has 1 amide bonds. The fraction of sp³-hybridized carbons (Fsp3) is 0.917. The normalized spacial score (nSPS) is 30.9. The van der Waals surface area contributed by atoms with Crippen molar-refractivity contribution in [3.63, 3.8) is 0 Å². The van der Waals surface area contributed by atoms with E-state index in [1.807, 2.05) is 11.9 Å². The minimum atomic E-state index is 0.198. The van der Waals surface area contributed by atoms with Crippen LogP contribution in [0.15, 0.2) is 0 Å². The summed E-state index contributed by atoms with van der Waals surface area (Å²) in [6.07, 6.45) is 7.59. The number of carbonyl (C=O) groups excluding carboxylic acids is 1. The molecule has 0 heterocycles. The van der Waals surface area contributed by atoms with Crippen LogP contribution in [0.4, 0.5) is 0 Å². The van der Waals surface area contributed by atoms with E-state index >= 15 is 0 Å². The Kier molecular flexibility index (Phi) is 3.82. The predicted molar refractivity (Wildman–Crippen MR) is 61.4 cm³/mol. The Hall–Kier alpha value is -0.610. The van der Waals surface area contributed by atoms with E-state index in [0.29, 0.717) is 17.9 Å². The molecular formula is C12H22N2O2. The fourth-order valence-electron chi connectivity index (χ4n) is 2.69. The summed E-state index contributed by atoms with van der Waals surface area (Å²) in [5.74, 6) is 5.85. The minimum Gasteiger partial charge on any atom is -0.343 e. The highest BCUT2D eigenvalue weighted by atomic mass is 16.6. The number of nitrogens with zero attached hydrogens (tertiary/aromatic N) is 1. The molecule has 0 aromatic rings. The van der Waals surface area contributed by atoms with Crippen LogP contribution in [0.5, 0.6) is 0 Å². The maximum Gasteiger partial charge on any atom is 0.225 e. The van der Waals surface area contributed by atoms with E-state index < -0.39 is 0 Å². The molecule has 2 N–H and O–H groups in total. The van der Waals surface area contributed by atoms with Crippen LogP contribution in [0, 0.1) is 5.92 Å². The van der Waals surface area contributed by atoms with Gasteiger partial charge in [0, 0.05) is 19.0 Å². The Bertz CT molecular complexity index is 245. The summed E-state index contributed by atoms with van der Waals surface area (Å²) in [5.41, 5.74) is 0. The lowest BCUT2D eigenvalue weighted by Gasteiger charge is -2.37. The van der Waals surface area contributed by atoms with Gasteiger partial charge >= 0.3 is 0 Å². The van der Waals surface area contributed by atoms with Crippen molar-refractivity contribution in [1.29, 1.82) is 0 Å². The summed E-state index contributed by atoms with van der Waals surface area (Å²) >= 11 is 0. The molecule has 2 aliphatic carbocycles. The van der Waals surface area contributed by atoms with Gasteiger partial charge in [0.25, 0.3) is 0 Å². The number of hydrogen-bond acceptors (Lipinski definition) is 3. The molecule has 0 aromatic heterocycles. The van der Waals surface area contributed by atoms with Crippen molar-refractivity contribution in [2.24, 2.45) is 11.8 Å². The van der Waals surface area contributed by atoms with Crippen molar-refractivity contribution in [3.8, 4) is 0 Å². The molecule has 0 aliphatic heterocycles.